The highest BCUT2D eigenvalue weighted by molar-refractivity contribution is 6.31. The van der Waals surface area contributed by atoms with E-state index in [4.69, 9.17) is 11.6 Å². The molecule has 1 aliphatic carbocycles. The van der Waals surface area contributed by atoms with Crippen LogP contribution in [-0.2, 0) is 20.9 Å². The summed E-state index contributed by atoms with van der Waals surface area (Å²) < 4.78 is 1.28. The molecule has 32 heavy (non-hydrogen) atoms. The minimum Gasteiger partial charge on any atom is -0.352 e. The van der Waals surface area contributed by atoms with Crippen LogP contribution in [0.3, 0.4) is 0 Å². The third-order valence-corrected chi connectivity index (χ3v) is 5.83. The summed E-state index contributed by atoms with van der Waals surface area (Å²) in [6, 6.07) is 6.27. The number of hydrogen-bond donors (Lipinski definition) is 3. The average Bonchev–Trinajstić information content (AvgIpc) is 3.51. The van der Waals surface area contributed by atoms with Gasteiger partial charge in [-0.1, -0.05) is 11.6 Å². The molecule has 9 nitrogen and oxygen atoms in total. The van der Waals surface area contributed by atoms with E-state index in [0.717, 1.165) is 12.8 Å². The Balaban J connectivity index is 1.50. The number of carbonyl (C=O) groups is 3. The zero-order valence-corrected chi connectivity index (χ0v) is 18.4. The number of amides is 3. The van der Waals surface area contributed by atoms with Crippen LogP contribution < -0.4 is 21.5 Å². The van der Waals surface area contributed by atoms with Gasteiger partial charge in [0.05, 0.1) is 11.4 Å². The van der Waals surface area contributed by atoms with Crippen molar-refractivity contribution >= 4 is 35.0 Å². The largest absolute Gasteiger partial charge is 0.352 e. The molecule has 1 saturated carbocycles. The molecule has 1 aromatic carbocycles. The van der Waals surface area contributed by atoms with Crippen LogP contribution in [0, 0.1) is 12.8 Å². The standard InChI is InChI=1S/C22H24ClN5O4/c1-12-25-18(16-6-4-14(23)8-17(16)27-22(32)13-2-3-13)9-21(31)28(12)11-20(30)24-10-15-5-7-19(29)26-15/h4,6,8-9,13,15H,2-3,5,7,10-11H2,1H3,(H,24,30)(H,26,29)(H,27,32). The quantitative estimate of drug-likeness (QED) is 0.583. The molecule has 2 heterocycles. The van der Waals surface area contributed by atoms with E-state index >= 15 is 0 Å². The molecular weight excluding hydrogens is 434 g/mol. The molecule has 10 heteroatoms. The fourth-order valence-electron chi connectivity index (χ4n) is 3.64. The normalized spacial score (nSPS) is 17.7. The van der Waals surface area contributed by atoms with Gasteiger partial charge in [0, 0.05) is 41.6 Å². The van der Waals surface area contributed by atoms with Crippen molar-refractivity contribution in [3.05, 3.63) is 45.5 Å². The number of carbonyl (C=O) groups excluding carboxylic acids is 3. The summed E-state index contributed by atoms with van der Waals surface area (Å²) in [7, 11) is 0. The van der Waals surface area contributed by atoms with Crippen LogP contribution in [0.5, 0.6) is 0 Å². The Hall–Kier alpha value is -3.20. The first-order chi connectivity index (χ1) is 15.3. The van der Waals surface area contributed by atoms with E-state index in [1.165, 1.54) is 10.6 Å². The predicted molar refractivity (Wildman–Crippen MR) is 119 cm³/mol. The first-order valence-electron chi connectivity index (χ1n) is 10.6. The highest BCUT2D eigenvalue weighted by Crippen LogP contribution is 2.33. The first-order valence-corrected chi connectivity index (χ1v) is 10.9. The summed E-state index contributed by atoms with van der Waals surface area (Å²) >= 11 is 6.11. The molecule has 1 unspecified atom stereocenters. The Kier molecular flexibility index (Phi) is 6.27. The Bertz CT molecular complexity index is 1140. The van der Waals surface area contributed by atoms with Gasteiger partial charge >= 0.3 is 0 Å². The van der Waals surface area contributed by atoms with Gasteiger partial charge in [0.15, 0.2) is 0 Å². The third kappa shape index (κ3) is 5.16. The number of aromatic nitrogens is 2. The van der Waals surface area contributed by atoms with Crippen molar-refractivity contribution in [2.24, 2.45) is 5.92 Å². The number of hydrogen-bond acceptors (Lipinski definition) is 5. The van der Waals surface area contributed by atoms with E-state index in [2.05, 4.69) is 20.9 Å². The van der Waals surface area contributed by atoms with Crippen LogP contribution in [0.15, 0.2) is 29.1 Å². The molecule has 1 aromatic heterocycles. The minimum absolute atomic E-state index is 0.0144. The van der Waals surface area contributed by atoms with Gasteiger partial charge in [0.25, 0.3) is 5.56 Å². The minimum atomic E-state index is -0.383. The molecule has 3 amide bonds. The average molecular weight is 458 g/mol. The summed E-state index contributed by atoms with van der Waals surface area (Å²) in [6.45, 7) is 1.79. The van der Waals surface area contributed by atoms with Gasteiger partial charge in [-0.2, -0.15) is 0 Å². The molecule has 1 aliphatic heterocycles. The Morgan fingerprint density at radius 3 is 2.66 bits per heavy atom. The van der Waals surface area contributed by atoms with Crippen molar-refractivity contribution < 1.29 is 14.4 Å². The van der Waals surface area contributed by atoms with E-state index in [-0.39, 0.29) is 41.8 Å². The zero-order valence-electron chi connectivity index (χ0n) is 17.6. The lowest BCUT2D eigenvalue weighted by Crippen LogP contribution is -2.41. The highest BCUT2D eigenvalue weighted by atomic mass is 35.5. The van der Waals surface area contributed by atoms with Gasteiger partial charge < -0.3 is 16.0 Å². The lowest BCUT2D eigenvalue weighted by Gasteiger charge is -2.15. The van der Waals surface area contributed by atoms with Gasteiger partial charge in [-0.25, -0.2) is 4.98 Å². The van der Waals surface area contributed by atoms with Gasteiger partial charge in [0.1, 0.15) is 12.4 Å². The number of rotatable bonds is 7. The Morgan fingerprint density at radius 2 is 2.00 bits per heavy atom. The lowest BCUT2D eigenvalue weighted by atomic mass is 10.1. The van der Waals surface area contributed by atoms with Crippen LogP contribution >= 0.6 is 11.6 Å². The predicted octanol–water partition coefficient (Wildman–Crippen LogP) is 1.62. The molecule has 3 N–H and O–H groups in total. The summed E-state index contributed by atoms with van der Waals surface area (Å²) in [6.07, 6.45) is 2.86. The van der Waals surface area contributed by atoms with Crippen LogP contribution in [0.1, 0.15) is 31.5 Å². The van der Waals surface area contributed by atoms with Crippen LogP contribution in [-0.4, -0.2) is 39.9 Å². The van der Waals surface area contributed by atoms with Crippen molar-refractivity contribution in [3.63, 3.8) is 0 Å². The van der Waals surface area contributed by atoms with Gasteiger partial charge in [-0.15, -0.1) is 0 Å². The molecule has 2 fully saturated rings. The fourth-order valence-corrected chi connectivity index (χ4v) is 3.81. The van der Waals surface area contributed by atoms with Crippen molar-refractivity contribution in [3.8, 4) is 11.3 Å². The molecule has 168 valence electrons. The second-order valence-electron chi connectivity index (χ2n) is 8.17. The molecular formula is C22H24ClN5O4. The monoisotopic (exact) mass is 457 g/mol. The summed E-state index contributed by atoms with van der Waals surface area (Å²) in [4.78, 5) is 53.1. The number of benzene rings is 1. The fraction of sp³-hybridized carbons (Fsp3) is 0.409. The summed E-state index contributed by atoms with van der Waals surface area (Å²) in [5.41, 5.74) is 1.08. The number of nitrogens with one attached hydrogen (secondary N) is 3. The Morgan fingerprint density at radius 1 is 1.22 bits per heavy atom. The van der Waals surface area contributed by atoms with E-state index in [1.54, 1.807) is 25.1 Å². The van der Waals surface area contributed by atoms with Gasteiger partial charge in [-0.05, 0) is 44.4 Å². The van der Waals surface area contributed by atoms with E-state index in [1.807, 2.05) is 0 Å². The first kappa shape index (κ1) is 22.0. The van der Waals surface area contributed by atoms with Crippen molar-refractivity contribution in [2.75, 3.05) is 11.9 Å². The molecule has 0 bridgehead atoms. The zero-order chi connectivity index (χ0) is 22.8. The molecule has 1 atom stereocenters. The second-order valence-corrected chi connectivity index (χ2v) is 8.61. The summed E-state index contributed by atoms with van der Waals surface area (Å²) in [5, 5.41) is 8.86. The maximum atomic E-state index is 12.8. The van der Waals surface area contributed by atoms with Crippen LogP contribution in [0.4, 0.5) is 5.69 Å². The topological polar surface area (TPSA) is 122 Å². The lowest BCUT2D eigenvalue weighted by molar-refractivity contribution is -0.122. The maximum absolute atomic E-state index is 12.8. The molecule has 2 aliphatic rings. The van der Waals surface area contributed by atoms with Crippen molar-refractivity contribution in [2.45, 2.75) is 45.2 Å². The highest BCUT2D eigenvalue weighted by Gasteiger charge is 2.30. The number of nitrogens with zero attached hydrogens (tertiary/aromatic N) is 2. The molecule has 1 saturated heterocycles. The number of anilines is 1. The van der Waals surface area contributed by atoms with E-state index < -0.39 is 0 Å². The van der Waals surface area contributed by atoms with Crippen molar-refractivity contribution in [1.82, 2.24) is 20.2 Å². The second kappa shape index (κ2) is 9.12. The molecule has 4 rings (SSSR count). The SMILES string of the molecule is Cc1nc(-c2ccc(Cl)cc2NC(=O)C2CC2)cc(=O)n1CC(=O)NCC1CCC(=O)N1. The number of halogens is 1. The van der Waals surface area contributed by atoms with E-state index in [0.29, 0.717) is 47.2 Å². The summed E-state index contributed by atoms with van der Waals surface area (Å²) in [5.74, 6) is -0.0543. The molecule has 2 aromatic rings. The molecule has 0 radical (unpaired) electrons. The smallest absolute Gasteiger partial charge is 0.254 e. The van der Waals surface area contributed by atoms with Gasteiger partial charge in [0.2, 0.25) is 17.7 Å². The van der Waals surface area contributed by atoms with Gasteiger partial charge in [-0.3, -0.25) is 23.7 Å². The van der Waals surface area contributed by atoms with E-state index in [9.17, 15) is 19.2 Å². The van der Waals surface area contributed by atoms with Crippen LogP contribution in [0.2, 0.25) is 5.02 Å². The Labute approximate surface area is 189 Å². The third-order valence-electron chi connectivity index (χ3n) is 5.60. The molecule has 0 spiro atoms. The maximum Gasteiger partial charge on any atom is 0.254 e. The number of aryl methyl sites for hydroxylation is 1. The van der Waals surface area contributed by atoms with Crippen molar-refractivity contribution in [1.29, 1.82) is 0 Å². The van der Waals surface area contributed by atoms with Crippen LogP contribution in [0.25, 0.3) is 11.3 Å².